The van der Waals surface area contributed by atoms with Crippen LogP contribution in [0.25, 0.3) is 0 Å². The molecule has 0 aromatic heterocycles. The van der Waals surface area contributed by atoms with E-state index in [1.807, 2.05) is 68.4 Å². The quantitative estimate of drug-likeness (QED) is 0.373. The second-order valence-electron chi connectivity index (χ2n) is 8.17. The number of rotatable bonds is 6. The summed E-state index contributed by atoms with van der Waals surface area (Å²) in [6.45, 7) is 4.09. The van der Waals surface area contributed by atoms with Crippen LogP contribution >= 0.6 is 7.37 Å². The molecule has 0 radical (unpaired) electrons. The van der Waals surface area contributed by atoms with Crippen LogP contribution in [0.4, 0.5) is 0 Å². The fourth-order valence-corrected chi connectivity index (χ4v) is 5.72. The van der Waals surface area contributed by atoms with Gasteiger partial charge in [-0.15, -0.1) is 0 Å². The summed E-state index contributed by atoms with van der Waals surface area (Å²) in [5.41, 5.74) is 1.42. The molecule has 0 aliphatic carbocycles. The highest BCUT2D eigenvalue weighted by molar-refractivity contribution is 7.74. The zero-order valence-corrected chi connectivity index (χ0v) is 18.9. The van der Waals surface area contributed by atoms with Crippen LogP contribution in [0.2, 0.25) is 0 Å². The molecule has 5 heteroatoms. The average Bonchev–Trinajstić information content (AvgIpc) is 2.82. The van der Waals surface area contributed by atoms with E-state index >= 15 is 0 Å². The van der Waals surface area contributed by atoms with Crippen molar-refractivity contribution >= 4 is 18.0 Å². The molecular formula is C27H25O4P. The first-order valence-corrected chi connectivity index (χ1v) is 12.0. The van der Waals surface area contributed by atoms with Crippen molar-refractivity contribution in [2.75, 3.05) is 0 Å². The smallest absolute Gasteiger partial charge is 0.306 e. The molecule has 0 bridgehead atoms. The fourth-order valence-electron chi connectivity index (χ4n) is 3.66. The van der Waals surface area contributed by atoms with Gasteiger partial charge < -0.3 is 14.7 Å². The monoisotopic (exact) mass is 444 g/mol. The molecule has 32 heavy (non-hydrogen) atoms. The Labute approximate surface area is 188 Å². The zero-order valence-electron chi connectivity index (χ0n) is 18.0. The van der Waals surface area contributed by atoms with E-state index in [1.54, 1.807) is 48.5 Å². The second kappa shape index (κ2) is 8.57. The molecular weight excluding hydrogens is 419 g/mol. The Morgan fingerprint density at radius 2 is 1.19 bits per heavy atom. The van der Waals surface area contributed by atoms with Crippen molar-refractivity contribution in [1.82, 2.24) is 0 Å². The Balaban J connectivity index is 1.79. The lowest BCUT2D eigenvalue weighted by molar-refractivity contribution is 0.432. The van der Waals surface area contributed by atoms with Crippen LogP contribution < -0.4 is 15.1 Å². The van der Waals surface area contributed by atoms with Gasteiger partial charge in [0, 0.05) is 5.41 Å². The van der Waals surface area contributed by atoms with Crippen molar-refractivity contribution in [3.63, 3.8) is 0 Å². The minimum absolute atomic E-state index is 0.0812. The summed E-state index contributed by atoms with van der Waals surface area (Å²) >= 11 is 0. The van der Waals surface area contributed by atoms with E-state index in [-0.39, 0.29) is 17.2 Å². The lowest BCUT2D eigenvalue weighted by Gasteiger charge is -2.28. The van der Waals surface area contributed by atoms with E-state index in [0.29, 0.717) is 10.6 Å². The van der Waals surface area contributed by atoms with Gasteiger partial charge in [0.05, 0.1) is 10.6 Å². The Morgan fingerprint density at radius 1 is 0.688 bits per heavy atom. The molecule has 4 nitrogen and oxygen atoms in total. The highest BCUT2D eigenvalue weighted by Crippen LogP contribution is 2.48. The fraction of sp³-hybridized carbons (Fsp3) is 0.111. The van der Waals surface area contributed by atoms with Crippen LogP contribution in [-0.2, 0) is 9.98 Å². The van der Waals surface area contributed by atoms with Crippen molar-refractivity contribution in [3.8, 4) is 17.2 Å². The van der Waals surface area contributed by atoms with Gasteiger partial charge in [0.1, 0.15) is 5.75 Å². The van der Waals surface area contributed by atoms with Crippen LogP contribution in [0.5, 0.6) is 17.2 Å². The maximum atomic E-state index is 14.2. The highest BCUT2D eigenvalue weighted by Gasteiger charge is 2.32. The molecule has 0 saturated heterocycles. The zero-order chi connectivity index (χ0) is 22.8. The number of hydrogen-bond acceptors (Lipinski definition) is 4. The number of aromatic hydroxyl groups is 2. The minimum atomic E-state index is -3.52. The second-order valence-corrected chi connectivity index (χ2v) is 10.5. The van der Waals surface area contributed by atoms with Crippen LogP contribution in [0, 0.1) is 0 Å². The van der Waals surface area contributed by atoms with E-state index in [1.165, 1.54) is 0 Å². The standard InChI is InChI=1S/C27H25O4P/c1-27(2,20-13-16-22(28)17-14-20)21-15-18-25(29)26(19-21)31-32(30,23-9-5-3-6-10-23)24-11-7-4-8-12-24/h3-19,28-29H,1-2H3. The molecule has 4 aromatic carbocycles. The van der Waals surface area contributed by atoms with Gasteiger partial charge in [-0.3, -0.25) is 4.57 Å². The van der Waals surface area contributed by atoms with E-state index in [9.17, 15) is 14.8 Å². The third kappa shape index (κ3) is 4.15. The molecule has 2 N–H and O–H groups in total. The van der Waals surface area contributed by atoms with Gasteiger partial charge >= 0.3 is 7.37 Å². The number of phenolic OH excluding ortho intramolecular Hbond substituents is 2. The molecule has 0 heterocycles. The minimum Gasteiger partial charge on any atom is -0.508 e. The summed E-state index contributed by atoms with van der Waals surface area (Å²) in [5.74, 6) is 0.277. The van der Waals surface area contributed by atoms with Gasteiger partial charge in [-0.25, -0.2) is 0 Å². The van der Waals surface area contributed by atoms with Gasteiger partial charge in [-0.1, -0.05) is 68.4 Å². The van der Waals surface area contributed by atoms with Gasteiger partial charge in [0.2, 0.25) is 0 Å². The first-order chi connectivity index (χ1) is 15.3. The largest absolute Gasteiger partial charge is 0.508 e. The average molecular weight is 444 g/mol. The Bertz CT molecular complexity index is 1210. The molecule has 0 saturated carbocycles. The molecule has 4 rings (SSSR count). The van der Waals surface area contributed by atoms with Crippen LogP contribution in [0.3, 0.4) is 0 Å². The Hall–Kier alpha value is -3.49. The van der Waals surface area contributed by atoms with Crippen molar-refractivity contribution in [1.29, 1.82) is 0 Å². The summed E-state index contributed by atoms with van der Waals surface area (Å²) in [6, 6.07) is 30.2. The molecule has 162 valence electrons. The SMILES string of the molecule is CC(C)(c1ccc(O)cc1)c1ccc(O)c(OP(=O)(c2ccccc2)c2ccccc2)c1. The van der Waals surface area contributed by atoms with Crippen molar-refractivity contribution in [2.24, 2.45) is 0 Å². The lowest BCUT2D eigenvalue weighted by Crippen LogP contribution is -2.21. The van der Waals surface area contributed by atoms with Crippen molar-refractivity contribution in [3.05, 3.63) is 114 Å². The van der Waals surface area contributed by atoms with Gasteiger partial charge in [-0.2, -0.15) is 0 Å². The normalized spacial score (nSPS) is 11.8. The third-order valence-electron chi connectivity index (χ3n) is 5.69. The first-order valence-electron chi connectivity index (χ1n) is 10.3. The topological polar surface area (TPSA) is 66.8 Å². The third-order valence-corrected chi connectivity index (χ3v) is 8.10. The molecule has 0 unspecified atom stereocenters. The number of hydrogen-bond donors (Lipinski definition) is 2. The van der Waals surface area contributed by atoms with Crippen LogP contribution in [0.15, 0.2) is 103 Å². The van der Waals surface area contributed by atoms with Crippen molar-refractivity contribution < 1.29 is 19.3 Å². The summed E-state index contributed by atoms with van der Waals surface area (Å²) in [5, 5.41) is 21.3. The van der Waals surface area contributed by atoms with Gasteiger partial charge in [-0.05, 0) is 59.7 Å². The van der Waals surface area contributed by atoms with E-state index in [0.717, 1.165) is 11.1 Å². The molecule has 0 fully saturated rings. The lowest BCUT2D eigenvalue weighted by atomic mass is 9.78. The maximum absolute atomic E-state index is 14.2. The predicted octanol–water partition coefficient (Wildman–Crippen LogP) is 5.73. The molecule has 0 atom stereocenters. The predicted molar refractivity (Wildman–Crippen MR) is 129 cm³/mol. The summed E-state index contributed by atoms with van der Waals surface area (Å²) < 4.78 is 20.4. The summed E-state index contributed by atoms with van der Waals surface area (Å²) in [7, 11) is -3.52. The maximum Gasteiger partial charge on any atom is 0.306 e. The Kier molecular flexibility index (Phi) is 5.82. The number of benzene rings is 4. The first kappa shape index (κ1) is 21.7. The molecule has 4 aromatic rings. The summed E-state index contributed by atoms with van der Waals surface area (Å²) in [6.07, 6.45) is 0. The van der Waals surface area contributed by atoms with E-state index in [4.69, 9.17) is 4.52 Å². The van der Waals surface area contributed by atoms with Crippen molar-refractivity contribution in [2.45, 2.75) is 19.3 Å². The molecule has 0 aliphatic heterocycles. The molecule has 0 aliphatic rings. The van der Waals surface area contributed by atoms with E-state index < -0.39 is 12.8 Å². The van der Waals surface area contributed by atoms with Gasteiger partial charge in [0.25, 0.3) is 0 Å². The summed E-state index contributed by atoms with van der Waals surface area (Å²) in [4.78, 5) is 0. The van der Waals surface area contributed by atoms with Crippen LogP contribution in [-0.4, -0.2) is 10.2 Å². The van der Waals surface area contributed by atoms with Gasteiger partial charge in [0.15, 0.2) is 11.5 Å². The number of phenols is 2. The van der Waals surface area contributed by atoms with E-state index in [2.05, 4.69) is 0 Å². The highest BCUT2D eigenvalue weighted by atomic mass is 31.2. The Morgan fingerprint density at radius 3 is 1.72 bits per heavy atom. The van der Waals surface area contributed by atoms with Crippen LogP contribution in [0.1, 0.15) is 25.0 Å². The molecule has 0 spiro atoms. The molecule has 0 amide bonds.